The van der Waals surface area contributed by atoms with Crippen LogP contribution in [0.4, 0.5) is 0 Å². The van der Waals surface area contributed by atoms with E-state index >= 15 is 0 Å². The molecule has 2 rings (SSSR count). The molecule has 0 radical (unpaired) electrons. The summed E-state index contributed by atoms with van der Waals surface area (Å²) in [5.74, 6) is 1.04. The Morgan fingerprint density at radius 2 is 2.08 bits per heavy atom. The molecule has 12 heavy (non-hydrogen) atoms. The van der Waals surface area contributed by atoms with Gasteiger partial charge in [-0.25, -0.2) is 0 Å². The number of nitrogens with zero attached hydrogens (tertiary/aromatic N) is 1. The lowest BCUT2D eigenvalue weighted by Gasteiger charge is -2.17. The average Bonchev–Trinajstić information content (AvgIpc) is 2.47. The monoisotopic (exact) mass is 163 g/mol. The molecule has 0 saturated carbocycles. The molecule has 1 aliphatic heterocycles. The predicted molar refractivity (Wildman–Crippen MR) is 48.4 cm³/mol. The number of ether oxygens (including phenoxy) is 1. The van der Waals surface area contributed by atoms with E-state index in [4.69, 9.17) is 4.74 Å². The van der Waals surface area contributed by atoms with Gasteiger partial charge in [0.1, 0.15) is 12.4 Å². The number of fused-ring (bicyclic) bond motifs is 1. The molecular weight excluding hydrogens is 150 g/mol. The summed E-state index contributed by atoms with van der Waals surface area (Å²) in [6.45, 7) is 0.784. The van der Waals surface area contributed by atoms with Gasteiger partial charge in [-0.05, 0) is 20.2 Å². The first-order valence-corrected chi connectivity index (χ1v) is 4.17. The maximum atomic E-state index is 5.53. The van der Waals surface area contributed by atoms with Gasteiger partial charge in [0.2, 0.25) is 0 Å². The van der Waals surface area contributed by atoms with Gasteiger partial charge in [-0.1, -0.05) is 18.2 Å². The number of hydrogen-bond donors (Lipinski definition) is 0. The Balaban J connectivity index is 2.36. The molecule has 0 amide bonds. The Kier molecular flexibility index (Phi) is 1.77. The summed E-state index contributed by atoms with van der Waals surface area (Å²) in [6, 6.07) is 8.66. The molecule has 0 N–H and O–H groups in total. The smallest absolute Gasteiger partial charge is 0.124 e. The van der Waals surface area contributed by atoms with Gasteiger partial charge in [0.05, 0.1) is 6.04 Å². The Labute approximate surface area is 72.8 Å². The zero-order valence-corrected chi connectivity index (χ0v) is 7.45. The zero-order chi connectivity index (χ0) is 8.55. The highest BCUT2D eigenvalue weighted by Gasteiger charge is 2.24. The molecule has 1 aliphatic rings. The van der Waals surface area contributed by atoms with Gasteiger partial charge in [0, 0.05) is 5.56 Å². The van der Waals surface area contributed by atoms with Crippen LogP contribution in [0.25, 0.3) is 0 Å². The molecule has 0 saturated heterocycles. The molecule has 1 aromatic carbocycles. The largest absolute Gasteiger partial charge is 0.491 e. The molecule has 1 atom stereocenters. The third-order valence-corrected chi connectivity index (χ3v) is 2.30. The van der Waals surface area contributed by atoms with Crippen molar-refractivity contribution in [3.05, 3.63) is 29.8 Å². The molecule has 0 bridgehead atoms. The quantitative estimate of drug-likeness (QED) is 0.624. The van der Waals surface area contributed by atoms with Crippen LogP contribution in [0.1, 0.15) is 11.6 Å². The third-order valence-electron chi connectivity index (χ3n) is 2.30. The van der Waals surface area contributed by atoms with Crippen molar-refractivity contribution >= 4 is 0 Å². The highest BCUT2D eigenvalue weighted by atomic mass is 16.5. The lowest BCUT2D eigenvalue weighted by atomic mass is 10.1. The van der Waals surface area contributed by atoms with Gasteiger partial charge >= 0.3 is 0 Å². The van der Waals surface area contributed by atoms with Gasteiger partial charge < -0.3 is 4.74 Å². The molecule has 0 spiro atoms. The summed E-state index contributed by atoms with van der Waals surface area (Å²) in [7, 11) is 4.16. The van der Waals surface area contributed by atoms with Gasteiger partial charge in [-0.2, -0.15) is 0 Å². The van der Waals surface area contributed by atoms with E-state index in [1.165, 1.54) is 5.56 Å². The molecule has 64 valence electrons. The molecule has 0 aliphatic carbocycles. The standard InChI is InChI=1S/C10H13NO/c1-11(2)9-7-12-10-6-4-3-5-8(9)10/h3-6,9H,7H2,1-2H3/t9-/m1/s1. The van der Waals surface area contributed by atoms with Crippen molar-refractivity contribution in [2.45, 2.75) is 6.04 Å². The second-order valence-electron chi connectivity index (χ2n) is 3.33. The minimum atomic E-state index is 0.432. The van der Waals surface area contributed by atoms with Gasteiger partial charge in [-0.3, -0.25) is 4.90 Å². The molecular formula is C10H13NO. The van der Waals surface area contributed by atoms with Crippen molar-refractivity contribution in [1.29, 1.82) is 0 Å². The second kappa shape index (κ2) is 2.79. The van der Waals surface area contributed by atoms with Crippen molar-refractivity contribution in [2.75, 3.05) is 20.7 Å². The van der Waals surface area contributed by atoms with E-state index in [2.05, 4.69) is 31.1 Å². The number of benzene rings is 1. The Morgan fingerprint density at radius 1 is 1.33 bits per heavy atom. The number of likely N-dealkylation sites (N-methyl/N-ethyl adjacent to an activating group) is 1. The van der Waals surface area contributed by atoms with Crippen LogP contribution in [0.5, 0.6) is 5.75 Å². The average molecular weight is 163 g/mol. The fourth-order valence-corrected chi connectivity index (χ4v) is 1.57. The SMILES string of the molecule is CN(C)[C@@H]1COc2ccccc21. The maximum absolute atomic E-state index is 5.53. The molecule has 1 heterocycles. The van der Waals surface area contributed by atoms with Crippen molar-refractivity contribution in [1.82, 2.24) is 4.90 Å². The van der Waals surface area contributed by atoms with Crippen LogP contribution >= 0.6 is 0 Å². The number of rotatable bonds is 1. The molecule has 0 unspecified atom stereocenters. The Morgan fingerprint density at radius 3 is 2.83 bits per heavy atom. The number of para-hydroxylation sites is 1. The van der Waals surface area contributed by atoms with E-state index in [9.17, 15) is 0 Å². The van der Waals surface area contributed by atoms with E-state index in [0.717, 1.165) is 12.4 Å². The molecule has 0 fully saturated rings. The molecule has 1 aromatic rings. The first kappa shape index (κ1) is 7.62. The van der Waals surface area contributed by atoms with E-state index in [0.29, 0.717) is 6.04 Å². The van der Waals surface area contributed by atoms with E-state index < -0.39 is 0 Å². The molecule has 2 heteroatoms. The topological polar surface area (TPSA) is 12.5 Å². The van der Waals surface area contributed by atoms with E-state index in [1.807, 2.05) is 12.1 Å². The number of hydrogen-bond acceptors (Lipinski definition) is 2. The second-order valence-corrected chi connectivity index (χ2v) is 3.33. The van der Waals surface area contributed by atoms with Crippen LogP contribution in [-0.4, -0.2) is 25.6 Å². The summed E-state index contributed by atoms with van der Waals surface area (Å²) in [6.07, 6.45) is 0. The van der Waals surface area contributed by atoms with Crippen LogP contribution in [0, 0.1) is 0 Å². The highest BCUT2D eigenvalue weighted by Crippen LogP contribution is 2.34. The lowest BCUT2D eigenvalue weighted by molar-refractivity contribution is 0.227. The summed E-state index contributed by atoms with van der Waals surface area (Å²) in [4.78, 5) is 2.19. The minimum absolute atomic E-state index is 0.432. The van der Waals surface area contributed by atoms with Crippen molar-refractivity contribution < 1.29 is 4.74 Å². The first-order chi connectivity index (χ1) is 5.79. The fraction of sp³-hybridized carbons (Fsp3) is 0.400. The summed E-state index contributed by atoms with van der Waals surface area (Å²) >= 11 is 0. The maximum Gasteiger partial charge on any atom is 0.124 e. The summed E-state index contributed by atoms with van der Waals surface area (Å²) < 4.78 is 5.53. The van der Waals surface area contributed by atoms with Gasteiger partial charge in [-0.15, -0.1) is 0 Å². The van der Waals surface area contributed by atoms with Crippen molar-refractivity contribution in [3.8, 4) is 5.75 Å². The normalized spacial score (nSPS) is 20.8. The van der Waals surface area contributed by atoms with Crippen LogP contribution in [0.2, 0.25) is 0 Å². The predicted octanol–water partition coefficient (Wildman–Crippen LogP) is 1.68. The van der Waals surface area contributed by atoms with Gasteiger partial charge in [0.25, 0.3) is 0 Å². The van der Waals surface area contributed by atoms with Crippen LogP contribution in [-0.2, 0) is 0 Å². The minimum Gasteiger partial charge on any atom is -0.491 e. The van der Waals surface area contributed by atoms with Gasteiger partial charge in [0.15, 0.2) is 0 Å². The van der Waals surface area contributed by atoms with E-state index in [-0.39, 0.29) is 0 Å². The fourth-order valence-electron chi connectivity index (χ4n) is 1.57. The Hall–Kier alpha value is -1.02. The zero-order valence-electron chi connectivity index (χ0n) is 7.45. The van der Waals surface area contributed by atoms with Crippen LogP contribution in [0.15, 0.2) is 24.3 Å². The molecule has 0 aromatic heterocycles. The van der Waals surface area contributed by atoms with Crippen molar-refractivity contribution in [2.24, 2.45) is 0 Å². The summed E-state index contributed by atoms with van der Waals surface area (Å²) in [5, 5.41) is 0. The van der Waals surface area contributed by atoms with Crippen molar-refractivity contribution in [3.63, 3.8) is 0 Å². The van der Waals surface area contributed by atoms with Crippen LogP contribution in [0.3, 0.4) is 0 Å². The van der Waals surface area contributed by atoms with Crippen LogP contribution < -0.4 is 4.74 Å². The van der Waals surface area contributed by atoms with E-state index in [1.54, 1.807) is 0 Å². The molecule has 2 nitrogen and oxygen atoms in total. The Bertz CT molecular complexity index is 283. The third kappa shape index (κ3) is 1.08. The summed E-state index contributed by atoms with van der Waals surface area (Å²) in [5.41, 5.74) is 1.31. The first-order valence-electron chi connectivity index (χ1n) is 4.17. The highest BCUT2D eigenvalue weighted by molar-refractivity contribution is 5.39. The lowest BCUT2D eigenvalue weighted by Crippen LogP contribution is -2.20.